The predicted octanol–water partition coefficient (Wildman–Crippen LogP) is 8.04. The summed E-state index contributed by atoms with van der Waals surface area (Å²) in [5, 5.41) is 3.44. The average molecular weight is 618 g/mol. The molecule has 0 bridgehead atoms. The number of aryl methyl sites for hydroxylation is 1. The largest absolute Gasteiger partial charge is 0.472 e. The van der Waals surface area contributed by atoms with E-state index in [0.29, 0.717) is 19.4 Å². The molecule has 0 unspecified atom stereocenters. The molecule has 42 heavy (non-hydrogen) atoms. The lowest BCUT2D eigenvalue weighted by molar-refractivity contribution is 0.0118. The molecule has 234 valence electrons. The Bertz CT molecular complexity index is 1250. The summed E-state index contributed by atoms with van der Waals surface area (Å²) in [5.74, 6) is -0.427. The fourth-order valence-electron chi connectivity index (χ4n) is 5.38. The molecule has 7 nitrogen and oxygen atoms in total. The Kier molecular flexibility index (Phi) is 9.37. The summed E-state index contributed by atoms with van der Waals surface area (Å²) in [7, 11) is -2.36. The third-order valence-electron chi connectivity index (χ3n) is 10.2. The van der Waals surface area contributed by atoms with E-state index in [4.69, 9.17) is 18.3 Å². The van der Waals surface area contributed by atoms with Crippen LogP contribution in [0.1, 0.15) is 71.9 Å². The van der Waals surface area contributed by atoms with Gasteiger partial charge in [0.05, 0.1) is 6.10 Å². The van der Waals surface area contributed by atoms with E-state index in [1.54, 1.807) is 7.11 Å². The average Bonchev–Trinajstić information content (AvgIpc) is 3.44. The molecule has 0 radical (unpaired) electrons. The fraction of sp³-hybridized carbons (Fsp3) is 0.688. The summed E-state index contributed by atoms with van der Waals surface area (Å²) in [6.45, 7) is 23.3. The van der Waals surface area contributed by atoms with E-state index in [1.165, 1.54) is 11.9 Å². The maximum atomic E-state index is 15.9. The van der Waals surface area contributed by atoms with Gasteiger partial charge in [0.1, 0.15) is 12.4 Å². The van der Waals surface area contributed by atoms with Crippen LogP contribution in [0.3, 0.4) is 0 Å². The van der Waals surface area contributed by atoms with Gasteiger partial charge < -0.3 is 23.6 Å². The summed E-state index contributed by atoms with van der Waals surface area (Å²) in [6, 6.07) is 8.08. The first kappa shape index (κ1) is 33.0. The quantitative estimate of drug-likeness (QED) is 0.214. The minimum atomic E-state index is -2.05. The van der Waals surface area contributed by atoms with Crippen LogP contribution in [0.2, 0.25) is 36.3 Å². The Morgan fingerprint density at radius 1 is 0.976 bits per heavy atom. The monoisotopic (exact) mass is 617 g/mol. The van der Waals surface area contributed by atoms with Gasteiger partial charge in [0.25, 0.3) is 5.88 Å². The van der Waals surface area contributed by atoms with Gasteiger partial charge in [-0.15, -0.1) is 0 Å². The van der Waals surface area contributed by atoms with Crippen molar-refractivity contribution in [3.8, 4) is 5.88 Å². The Hall–Kier alpha value is -1.86. The number of rotatable bonds is 10. The van der Waals surface area contributed by atoms with Crippen molar-refractivity contribution in [2.24, 2.45) is 5.92 Å². The zero-order valence-electron chi connectivity index (χ0n) is 27.6. The molecule has 1 fully saturated rings. The topological polar surface area (TPSA) is 74.7 Å². The first-order valence-corrected chi connectivity index (χ1v) is 21.1. The summed E-state index contributed by atoms with van der Waals surface area (Å²) in [4.78, 5) is 8.44. The number of nitrogens with one attached hydrogen (secondary N) is 1. The molecule has 1 aromatic carbocycles. The van der Waals surface area contributed by atoms with E-state index in [0.717, 1.165) is 18.4 Å². The number of methoxy groups -OCH3 is 1. The summed E-state index contributed by atoms with van der Waals surface area (Å²) in [6.07, 6.45) is 3.98. The fourth-order valence-corrected chi connectivity index (χ4v) is 7.85. The number of hydrogen-bond acceptors (Lipinski definition) is 7. The van der Waals surface area contributed by atoms with Gasteiger partial charge in [0, 0.05) is 38.0 Å². The van der Waals surface area contributed by atoms with Crippen LogP contribution < -0.4 is 10.1 Å². The molecule has 1 aromatic heterocycles. The lowest BCUT2D eigenvalue weighted by atomic mass is 10.0. The van der Waals surface area contributed by atoms with Crippen molar-refractivity contribution in [3.63, 3.8) is 0 Å². The zero-order chi connectivity index (χ0) is 31.1. The molecule has 1 saturated carbocycles. The van der Waals surface area contributed by atoms with E-state index >= 15 is 4.39 Å². The number of benzene rings is 1. The maximum absolute atomic E-state index is 15.9. The number of nitrogens with zero attached hydrogens (tertiary/aromatic N) is 2. The van der Waals surface area contributed by atoms with Gasteiger partial charge in [0.15, 0.2) is 28.2 Å². The van der Waals surface area contributed by atoms with Gasteiger partial charge in [-0.05, 0) is 54.7 Å². The molecule has 0 saturated heterocycles. The van der Waals surface area contributed by atoms with E-state index in [2.05, 4.69) is 89.1 Å². The number of halogens is 1. The summed E-state index contributed by atoms with van der Waals surface area (Å²) in [5.41, 5.74) is 1.33. The molecular formula is C32H52FN3O4Si2. The Morgan fingerprint density at radius 3 is 2.29 bits per heavy atom. The molecule has 2 aliphatic rings. The van der Waals surface area contributed by atoms with Crippen molar-refractivity contribution in [3.05, 3.63) is 47.5 Å². The third kappa shape index (κ3) is 6.77. The maximum Gasteiger partial charge on any atom is 0.256 e. The second kappa shape index (κ2) is 11.9. The predicted molar refractivity (Wildman–Crippen MR) is 171 cm³/mol. The standard InChI is InChI=1S/C32H52FN3O4Si2/c1-30(2,3)41(8,9)38-20-23-18-24(19-26(23)40-42(10,11)31(4,5)6)39-29-27(33)28(34-21-35-29)36-32(37-7)17-16-22-14-12-13-15-25(22)32/h12-15,21,23-24,26H,16-20H2,1-11H3,(H,34,35,36)/t23-,24+,26-,32+/m0/s1. The highest BCUT2D eigenvalue weighted by molar-refractivity contribution is 6.74. The van der Waals surface area contributed by atoms with Crippen molar-refractivity contribution in [2.75, 3.05) is 19.0 Å². The molecule has 4 atom stereocenters. The Labute approximate surface area is 254 Å². The van der Waals surface area contributed by atoms with Crippen LogP contribution in [0.5, 0.6) is 5.88 Å². The van der Waals surface area contributed by atoms with Gasteiger partial charge in [-0.25, -0.2) is 4.98 Å². The zero-order valence-corrected chi connectivity index (χ0v) is 29.6. The van der Waals surface area contributed by atoms with Crippen molar-refractivity contribution < 1.29 is 22.7 Å². The molecule has 0 amide bonds. The van der Waals surface area contributed by atoms with Crippen LogP contribution in [0.15, 0.2) is 30.6 Å². The SMILES string of the molecule is CO[C@]1(Nc2ncnc(O[C@@H]3C[C@@H](CO[Si](C)(C)C(C)(C)C)[C@@H](O[Si](C)(C)C(C)(C)C)C3)c2F)CCc2ccccc21. The molecule has 0 aliphatic heterocycles. The Balaban J connectivity index is 1.53. The van der Waals surface area contributed by atoms with E-state index in [9.17, 15) is 0 Å². The number of anilines is 1. The first-order chi connectivity index (χ1) is 19.4. The van der Waals surface area contributed by atoms with E-state index in [1.807, 2.05) is 18.2 Å². The van der Waals surface area contributed by atoms with Gasteiger partial charge in [-0.1, -0.05) is 65.8 Å². The van der Waals surface area contributed by atoms with Crippen molar-refractivity contribution >= 4 is 22.5 Å². The van der Waals surface area contributed by atoms with Crippen LogP contribution in [0, 0.1) is 11.7 Å². The molecule has 10 heteroatoms. The highest BCUT2D eigenvalue weighted by Gasteiger charge is 2.46. The van der Waals surface area contributed by atoms with Crippen LogP contribution in [0.25, 0.3) is 0 Å². The van der Waals surface area contributed by atoms with Gasteiger partial charge in [0.2, 0.25) is 5.82 Å². The number of ether oxygens (including phenoxy) is 2. The number of aromatic nitrogens is 2. The van der Waals surface area contributed by atoms with Gasteiger partial charge >= 0.3 is 0 Å². The van der Waals surface area contributed by atoms with Crippen molar-refractivity contribution in [1.29, 1.82) is 0 Å². The molecule has 2 aliphatic carbocycles. The molecule has 1 heterocycles. The van der Waals surface area contributed by atoms with E-state index in [-0.39, 0.29) is 39.9 Å². The molecule has 2 aromatic rings. The van der Waals surface area contributed by atoms with Crippen molar-refractivity contribution in [1.82, 2.24) is 9.97 Å². The van der Waals surface area contributed by atoms with Crippen LogP contribution >= 0.6 is 0 Å². The smallest absolute Gasteiger partial charge is 0.256 e. The third-order valence-corrected chi connectivity index (χ3v) is 19.2. The number of hydrogen-bond donors (Lipinski definition) is 1. The highest BCUT2D eigenvalue weighted by atomic mass is 28.4. The molecule has 0 spiro atoms. The van der Waals surface area contributed by atoms with Crippen LogP contribution in [-0.4, -0.2) is 52.5 Å². The van der Waals surface area contributed by atoms with Gasteiger partial charge in [-0.3, -0.25) is 0 Å². The van der Waals surface area contributed by atoms with Crippen molar-refractivity contribution in [2.45, 2.75) is 121 Å². The normalized spacial score (nSPS) is 25.0. The Morgan fingerprint density at radius 2 is 1.64 bits per heavy atom. The highest BCUT2D eigenvalue weighted by Crippen LogP contribution is 2.44. The number of fused-ring (bicyclic) bond motifs is 1. The molecule has 1 N–H and O–H groups in total. The summed E-state index contributed by atoms with van der Waals surface area (Å²) >= 11 is 0. The molecule has 4 rings (SSSR count). The van der Waals surface area contributed by atoms with Gasteiger partial charge in [-0.2, -0.15) is 9.37 Å². The second-order valence-corrected chi connectivity index (χ2v) is 24.7. The minimum absolute atomic E-state index is 0.0186. The van der Waals surface area contributed by atoms with Crippen LogP contribution in [-0.2, 0) is 25.7 Å². The lowest BCUT2D eigenvalue weighted by Gasteiger charge is -2.41. The lowest BCUT2D eigenvalue weighted by Crippen LogP contribution is -2.46. The molecular weight excluding hydrogens is 566 g/mol. The minimum Gasteiger partial charge on any atom is -0.472 e. The second-order valence-electron chi connectivity index (χ2n) is 15.1. The summed E-state index contributed by atoms with van der Waals surface area (Å²) < 4.78 is 41.7. The van der Waals surface area contributed by atoms with E-state index < -0.39 is 28.2 Å². The first-order valence-electron chi connectivity index (χ1n) is 15.3. The van der Waals surface area contributed by atoms with Crippen LogP contribution in [0.4, 0.5) is 10.2 Å².